The molecule has 1 fully saturated rings. The lowest BCUT2D eigenvalue weighted by Gasteiger charge is -2.34. The van der Waals surface area contributed by atoms with Crippen molar-refractivity contribution in [3.8, 4) is 0 Å². The molecule has 0 saturated carbocycles. The Morgan fingerprint density at radius 3 is 2.90 bits per heavy atom. The van der Waals surface area contributed by atoms with Crippen molar-refractivity contribution in [1.82, 2.24) is 15.0 Å². The molecule has 0 aromatic carbocycles. The quantitative estimate of drug-likeness (QED) is 0.849. The first-order valence-electron chi connectivity index (χ1n) is 7.52. The summed E-state index contributed by atoms with van der Waals surface area (Å²) in [6.07, 6.45) is 1.69. The number of nitrogens with zero attached hydrogens (tertiary/aromatic N) is 3. The highest BCUT2D eigenvalue weighted by Gasteiger charge is 2.27. The van der Waals surface area contributed by atoms with Gasteiger partial charge in [0.15, 0.2) is 0 Å². The molecule has 0 amide bonds. The first-order valence-corrected chi connectivity index (χ1v) is 7.52. The molecule has 0 bridgehead atoms. The predicted molar refractivity (Wildman–Crippen MR) is 76.2 cm³/mol. The number of hydrogen-bond donors (Lipinski definition) is 1. The van der Waals surface area contributed by atoms with E-state index in [2.05, 4.69) is 35.8 Å². The van der Waals surface area contributed by atoms with Crippen molar-refractivity contribution in [1.29, 1.82) is 0 Å². The van der Waals surface area contributed by atoms with Crippen molar-refractivity contribution in [3.63, 3.8) is 0 Å². The topological polar surface area (TPSA) is 77.4 Å². The maximum absolute atomic E-state index is 5.76. The molecule has 1 aliphatic rings. The van der Waals surface area contributed by atoms with Gasteiger partial charge in [-0.2, -0.15) is 4.98 Å². The molecule has 2 unspecified atom stereocenters. The molecule has 2 atom stereocenters. The van der Waals surface area contributed by atoms with Gasteiger partial charge in [0, 0.05) is 25.6 Å². The van der Waals surface area contributed by atoms with Crippen LogP contribution < -0.4 is 5.73 Å². The molecular weight excluding hydrogens is 256 g/mol. The van der Waals surface area contributed by atoms with Gasteiger partial charge in [-0.1, -0.05) is 18.5 Å². The van der Waals surface area contributed by atoms with Crippen LogP contribution in [0.2, 0.25) is 0 Å². The van der Waals surface area contributed by atoms with E-state index < -0.39 is 0 Å². The fourth-order valence-electron chi connectivity index (χ4n) is 2.42. The van der Waals surface area contributed by atoms with E-state index in [9.17, 15) is 0 Å². The summed E-state index contributed by atoms with van der Waals surface area (Å²) in [5, 5.41) is 4.08. The van der Waals surface area contributed by atoms with Gasteiger partial charge in [-0.15, -0.1) is 0 Å². The molecule has 0 aliphatic carbocycles. The largest absolute Gasteiger partial charge is 0.367 e. The van der Waals surface area contributed by atoms with E-state index in [0.717, 1.165) is 25.9 Å². The summed E-state index contributed by atoms with van der Waals surface area (Å²) in [6, 6.07) is 0.509. The Hall–Kier alpha value is -0.980. The first-order chi connectivity index (χ1) is 9.63. The summed E-state index contributed by atoms with van der Waals surface area (Å²) in [5.74, 6) is 1.74. The summed E-state index contributed by atoms with van der Waals surface area (Å²) in [4.78, 5) is 6.85. The molecule has 1 aliphatic heterocycles. The van der Waals surface area contributed by atoms with E-state index in [-0.39, 0.29) is 6.10 Å². The van der Waals surface area contributed by atoms with Gasteiger partial charge in [-0.3, -0.25) is 4.90 Å². The van der Waals surface area contributed by atoms with Gasteiger partial charge in [-0.05, 0) is 26.3 Å². The second-order valence-electron chi connectivity index (χ2n) is 5.71. The van der Waals surface area contributed by atoms with Crippen molar-refractivity contribution < 1.29 is 9.26 Å². The molecule has 0 radical (unpaired) electrons. The van der Waals surface area contributed by atoms with Gasteiger partial charge in [0.05, 0.1) is 6.61 Å². The Bertz CT molecular complexity index is 404. The van der Waals surface area contributed by atoms with Crippen LogP contribution in [-0.4, -0.2) is 47.3 Å². The Kier molecular flexibility index (Phi) is 5.51. The van der Waals surface area contributed by atoms with Crippen molar-refractivity contribution in [2.45, 2.75) is 45.8 Å². The summed E-state index contributed by atoms with van der Waals surface area (Å²) in [5.41, 5.74) is 5.71. The van der Waals surface area contributed by atoms with Crippen LogP contribution in [0.5, 0.6) is 0 Å². The maximum atomic E-state index is 5.76. The highest BCUT2D eigenvalue weighted by Crippen LogP contribution is 2.21. The van der Waals surface area contributed by atoms with Gasteiger partial charge in [0.1, 0.15) is 6.10 Å². The molecule has 2 rings (SSSR count). The smallest absolute Gasteiger partial charge is 0.227 e. The minimum atomic E-state index is -0.0818. The highest BCUT2D eigenvalue weighted by molar-refractivity contribution is 4.95. The van der Waals surface area contributed by atoms with Crippen LogP contribution in [0.3, 0.4) is 0 Å². The normalized spacial score (nSPS) is 22.4. The van der Waals surface area contributed by atoms with Gasteiger partial charge in [0.2, 0.25) is 11.7 Å². The SMILES string of the molecule is CCC(CN)Cc1nc(C2CN(C(C)C)CCO2)no1. The Labute approximate surface area is 120 Å². The second kappa shape index (κ2) is 7.15. The van der Waals surface area contributed by atoms with Gasteiger partial charge in [-0.25, -0.2) is 0 Å². The third kappa shape index (κ3) is 3.77. The van der Waals surface area contributed by atoms with Crippen molar-refractivity contribution in [3.05, 3.63) is 11.7 Å². The van der Waals surface area contributed by atoms with Crippen LogP contribution in [0, 0.1) is 5.92 Å². The predicted octanol–water partition coefficient (Wildman–Crippen LogP) is 1.38. The van der Waals surface area contributed by atoms with Crippen molar-refractivity contribution >= 4 is 0 Å². The standard InChI is InChI=1S/C14H26N4O2/c1-4-11(8-15)7-13-16-14(17-20-13)12-9-18(10(2)3)5-6-19-12/h10-12H,4-9,15H2,1-3H3. The molecule has 2 heterocycles. The molecule has 2 N–H and O–H groups in total. The zero-order valence-corrected chi connectivity index (χ0v) is 12.7. The van der Waals surface area contributed by atoms with E-state index >= 15 is 0 Å². The first kappa shape index (κ1) is 15.4. The summed E-state index contributed by atoms with van der Waals surface area (Å²) >= 11 is 0. The van der Waals surface area contributed by atoms with Crippen LogP contribution in [0.15, 0.2) is 4.52 Å². The Balaban J connectivity index is 1.97. The molecule has 1 aromatic rings. The average molecular weight is 282 g/mol. The summed E-state index contributed by atoms with van der Waals surface area (Å²) in [7, 11) is 0. The molecule has 114 valence electrons. The van der Waals surface area contributed by atoms with E-state index in [0.29, 0.717) is 36.8 Å². The molecule has 20 heavy (non-hydrogen) atoms. The third-order valence-corrected chi connectivity index (χ3v) is 3.97. The minimum Gasteiger partial charge on any atom is -0.367 e. The van der Waals surface area contributed by atoms with Gasteiger partial charge in [0.25, 0.3) is 0 Å². The Morgan fingerprint density at radius 2 is 2.25 bits per heavy atom. The minimum absolute atomic E-state index is 0.0818. The number of hydrogen-bond acceptors (Lipinski definition) is 6. The van der Waals surface area contributed by atoms with Crippen LogP contribution in [0.25, 0.3) is 0 Å². The molecule has 1 saturated heterocycles. The lowest BCUT2D eigenvalue weighted by Crippen LogP contribution is -2.42. The van der Waals surface area contributed by atoms with Crippen molar-refractivity contribution in [2.24, 2.45) is 11.7 Å². The lowest BCUT2D eigenvalue weighted by atomic mass is 10.0. The maximum Gasteiger partial charge on any atom is 0.227 e. The average Bonchev–Trinajstić information content (AvgIpc) is 2.93. The number of rotatable bonds is 6. The monoisotopic (exact) mass is 282 g/mol. The molecule has 6 nitrogen and oxygen atoms in total. The number of ether oxygens (including phenoxy) is 1. The molecule has 1 aromatic heterocycles. The van der Waals surface area contributed by atoms with E-state index in [1.54, 1.807) is 0 Å². The van der Waals surface area contributed by atoms with E-state index in [1.807, 2.05) is 0 Å². The van der Waals surface area contributed by atoms with Crippen molar-refractivity contribution in [2.75, 3.05) is 26.2 Å². The molecule has 0 spiro atoms. The van der Waals surface area contributed by atoms with E-state index in [4.69, 9.17) is 15.0 Å². The van der Waals surface area contributed by atoms with Gasteiger partial charge >= 0.3 is 0 Å². The fraction of sp³-hybridized carbons (Fsp3) is 0.857. The summed E-state index contributed by atoms with van der Waals surface area (Å²) < 4.78 is 11.1. The van der Waals surface area contributed by atoms with Crippen LogP contribution in [0.1, 0.15) is 45.0 Å². The van der Waals surface area contributed by atoms with Crippen LogP contribution in [-0.2, 0) is 11.2 Å². The Morgan fingerprint density at radius 1 is 1.45 bits per heavy atom. The number of aromatic nitrogens is 2. The highest BCUT2D eigenvalue weighted by atomic mass is 16.5. The number of nitrogens with two attached hydrogens (primary N) is 1. The van der Waals surface area contributed by atoms with Crippen LogP contribution in [0.4, 0.5) is 0 Å². The zero-order chi connectivity index (χ0) is 14.5. The molecule has 6 heteroatoms. The van der Waals surface area contributed by atoms with Gasteiger partial charge < -0.3 is 15.0 Å². The zero-order valence-electron chi connectivity index (χ0n) is 12.7. The molecular formula is C14H26N4O2. The summed E-state index contributed by atoms with van der Waals surface area (Å²) in [6.45, 7) is 9.66. The number of morpholine rings is 1. The van der Waals surface area contributed by atoms with E-state index in [1.165, 1.54) is 0 Å². The lowest BCUT2D eigenvalue weighted by molar-refractivity contribution is -0.0450. The fourth-order valence-corrected chi connectivity index (χ4v) is 2.42. The second-order valence-corrected chi connectivity index (χ2v) is 5.71. The van der Waals surface area contributed by atoms with Crippen LogP contribution >= 0.6 is 0 Å². The third-order valence-electron chi connectivity index (χ3n) is 3.97.